The molecule has 166 valence electrons. The van der Waals surface area contributed by atoms with Crippen LogP contribution in [0.2, 0.25) is 0 Å². The molecule has 2 fully saturated rings. The topological polar surface area (TPSA) is 40.6 Å². The van der Waals surface area contributed by atoms with E-state index in [1.807, 2.05) is 11.3 Å². The zero-order chi connectivity index (χ0) is 20.5. The molecule has 3 aromatic rings. The van der Waals surface area contributed by atoms with Crippen LogP contribution in [0.3, 0.4) is 0 Å². The Kier molecular flexibility index (Phi) is 7.12. The standard InChI is InChI=1S/C24H31N4OS.ClH/c1-17(2)20-14-19(27-8-3-6-25-7-9-27)16-23-24(20)26-21-5-4-18(15-22(21)30-23)28-10-12-29-13-11-28;/h4-5,14-17,25H,3,6-13H2,1-2H3;1H/q+1;/p-1. The Labute approximate surface area is 194 Å². The Hall–Kier alpha value is -1.73. The second-order valence-corrected chi connectivity index (χ2v) is 9.68. The number of rotatable bonds is 3. The van der Waals surface area contributed by atoms with Crippen molar-refractivity contribution >= 4 is 43.1 Å². The molecule has 0 spiro atoms. The van der Waals surface area contributed by atoms with Gasteiger partial charge in [-0.2, -0.15) is 0 Å². The van der Waals surface area contributed by atoms with Crippen LogP contribution < -0.4 is 27.5 Å². The molecule has 0 atom stereocenters. The summed E-state index contributed by atoms with van der Waals surface area (Å²) < 4.78 is 8.07. The van der Waals surface area contributed by atoms with Gasteiger partial charge in [0.15, 0.2) is 0 Å². The molecule has 1 aromatic heterocycles. The van der Waals surface area contributed by atoms with Gasteiger partial charge in [0, 0.05) is 56.2 Å². The van der Waals surface area contributed by atoms with Crippen molar-refractivity contribution in [2.24, 2.45) is 0 Å². The van der Waals surface area contributed by atoms with Crippen LogP contribution in [0.1, 0.15) is 31.7 Å². The molecular weight excluding hydrogens is 428 g/mol. The summed E-state index contributed by atoms with van der Waals surface area (Å²) in [4.78, 5) is 10.1. The Balaban J connectivity index is 0.00000231. The molecule has 0 unspecified atom stereocenters. The molecule has 0 amide bonds. The number of ether oxygens (including phenoxy) is 1. The first-order valence-corrected chi connectivity index (χ1v) is 12.0. The van der Waals surface area contributed by atoms with Gasteiger partial charge in [0.05, 0.1) is 13.2 Å². The van der Waals surface area contributed by atoms with Gasteiger partial charge in [0.25, 0.3) is 9.40 Å². The summed E-state index contributed by atoms with van der Waals surface area (Å²) in [6, 6.07) is 11.5. The third kappa shape index (κ3) is 4.72. The number of nitrogens with one attached hydrogen (secondary N) is 1. The van der Waals surface area contributed by atoms with Gasteiger partial charge in [-0.25, -0.2) is 4.98 Å². The summed E-state index contributed by atoms with van der Waals surface area (Å²) in [6.07, 6.45) is 1.19. The average Bonchev–Trinajstić information content (AvgIpc) is 3.07. The summed E-state index contributed by atoms with van der Waals surface area (Å²) in [5.74, 6) is 0.447. The smallest absolute Gasteiger partial charge is 0.259 e. The maximum atomic E-state index is 5.52. The van der Waals surface area contributed by atoms with E-state index in [4.69, 9.17) is 9.72 Å². The monoisotopic (exact) mass is 458 g/mol. The van der Waals surface area contributed by atoms with Gasteiger partial charge in [-0.1, -0.05) is 13.8 Å². The molecule has 2 aromatic carbocycles. The SMILES string of the molecule is CC(C)c1cc(N2CCCNCC2)cc2[s+]c3cc(N4CCOCC4)ccc3nc12.[Cl-]. The molecule has 5 nitrogen and oxygen atoms in total. The molecule has 2 aliphatic heterocycles. The molecule has 31 heavy (non-hydrogen) atoms. The lowest BCUT2D eigenvalue weighted by atomic mass is 10.0. The van der Waals surface area contributed by atoms with Crippen LogP contribution in [0.5, 0.6) is 0 Å². The maximum absolute atomic E-state index is 5.52. The van der Waals surface area contributed by atoms with E-state index in [1.165, 1.54) is 38.3 Å². The van der Waals surface area contributed by atoms with E-state index in [-0.39, 0.29) is 12.4 Å². The number of hydrogen-bond acceptors (Lipinski definition) is 5. The van der Waals surface area contributed by atoms with E-state index in [2.05, 4.69) is 59.3 Å². The number of anilines is 2. The summed E-state index contributed by atoms with van der Waals surface area (Å²) in [5.41, 5.74) is 6.24. The molecule has 0 radical (unpaired) electrons. The number of aromatic nitrogens is 1. The van der Waals surface area contributed by atoms with Crippen molar-refractivity contribution in [1.82, 2.24) is 10.3 Å². The van der Waals surface area contributed by atoms with Gasteiger partial charge in [0.2, 0.25) is 11.3 Å². The highest BCUT2D eigenvalue weighted by molar-refractivity contribution is 7.24. The highest BCUT2D eigenvalue weighted by atomic mass is 35.5. The van der Waals surface area contributed by atoms with Gasteiger partial charge in [0.1, 0.15) is 11.0 Å². The lowest BCUT2D eigenvalue weighted by Gasteiger charge is -2.28. The third-order valence-corrected chi connectivity index (χ3v) is 7.27. The third-order valence-electron chi connectivity index (χ3n) is 6.19. The van der Waals surface area contributed by atoms with Crippen molar-refractivity contribution < 1.29 is 17.1 Å². The first-order valence-electron chi connectivity index (χ1n) is 11.2. The number of nitrogens with zero attached hydrogens (tertiary/aromatic N) is 3. The Morgan fingerprint density at radius 3 is 2.52 bits per heavy atom. The summed E-state index contributed by atoms with van der Waals surface area (Å²) in [7, 11) is 0. The minimum absolute atomic E-state index is 0. The zero-order valence-corrected chi connectivity index (χ0v) is 19.9. The molecule has 5 rings (SSSR count). The van der Waals surface area contributed by atoms with Crippen LogP contribution in [0, 0.1) is 0 Å². The van der Waals surface area contributed by atoms with Crippen molar-refractivity contribution in [2.75, 3.05) is 62.3 Å². The fourth-order valence-corrected chi connectivity index (χ4v) is 5.55. The van der Waals surface area contributed by atoms with E-state index in [1.54, 1.807) is 0 Å². The predicted octanol–water partition coefficient (Wildman–Crippen LogP) is 1.49. The number of fused-ring (bicyclic) bond motifs is 2. The summed E-state index contributed by atoms with van der Waals surface area (Å²) in [6.45, 7) is 12.4. The molecule has 2 aliphatic rings. The Bertz CT molecular complexity index is 1050. The number of morpholine rings is 1. The van der Waals surface area contributed by atoms with Gasteiger partial charge >= 0.3 is 0 Å². The molecule has 0 saturated carbocycles. The minimum Gasteiger partial charge on any atom is -1.00 e. The fourth-order valence-electron chi connectivity index (χ4n) is 4.47. The molecule has 2 saturated heterocycles. The minimum atomic E-state index is 0. The first-order chi connectivity index (χ1) is 14.7. The van der Waals surface area contributed by atoms with E-state index < -0.39 is 0 Å². The fraction of sp³-hybridized carbons (Fsp3) is 0.500. The zero-order valence-electron chi connectivity index (χ0n) is 18.4. The lowest BCUT2D eigenvalue weighted by Crippen LogP contribution is -3.00. The number of halogens is 1. The van der Waals surface area contributed by atoms with Crippen molar-refractivity contribution in [2.45, 2.75) is 26.2 Å². The normalized spacial score (nSPS) is 17.8. The second kappa shape index (κ2) is 9.82. The second-order valence-electron chi connectivity index (χ2n) is 8.59. The van der Waals surface area contributed by atoms with E-state index in [0.717, 1.165) is 58.0 Å². The predicted molar refractivity (Wildman–Crippen MR) is 128 cm³/mol. The molecule has 0 bridgehead atoms. The maximum Gasteiger partial charge on any atom is 0.259 e. The highest BCUT2D eigenvalue weighted by Crippen LogP contribution is 2.36. The van der Waals surface area contributed by atoms with Gasteiger partial charge in [-0.15, -0.1) is 0 Å². The van der Waals surface area contributed by atoms with Crippen molar-refractivity contribution in [1.29, 1.82) is 0 Å². The molecular formula is C24H31ClN4OS. The first kappa shape index (κ1) is 22.5. The lowest BCUT2D eigenvalue weighted by molar-refractivity contribution is -0.00000682. The molecule has 1 N–H and O–H groups in total. The van der Waals surface area contributed by atoms with Crippen LogP contribution in [0.15, 0.2) is 30.3 Å². The Morgan fingerprint density at radius 2 is 1.71 bits per heavy atom. The van der Waals surface area contributed by atoms with Crippen LogP contribution in [0.4, 0.5) is 11.4 Å². The van der Waals surface area contributed by atoms with E-state index in [0.29, 0.717) is 5.92 Å². The average molecular weight is 459 g/mol. The highest BCUT2D eigenvalue weighted by Gasteiger charge is 2.22. The summed E-state index contributed by atoms with van der Waals surface area (Å²) >= 11 is 1.88. The van der Waals surface area contributed by atoms with Gasteiger partial charge < -0.3 is 32.3 Å². The van der Waals surface area contributed by atoms with Gasteiger partial charge in [-0.05, 0) is 42.6 Å². The number of benzene rings is 2. The van der Waals surface area contributed by atoms with E-state index in [9.17, 15) is 0 Å². The molecule has 7 heteroatoms. The van der Waals surface area contributed by atoms with Crippen molar-refractivity contribution in [3.05, 3.63) is 35.9 Å². The quantitative estimate of drug-likeness (QED) is 0.475. The van der Waals surface area contributed by atoms with E-state index >= 15 is 0 Å². The van der Waals surface area contributed by atoms with Crippen LogP contribution in [-0.2, 0) is 4.74 Å². The van der Waals surface area contributed by atoms with Crippen LogP contribution in [0.25, 0.3) is 20.4 Å². The van der Waals surface area contributed by atoms with Crippen LogP contribution >= 0.6 is 11.3 Å². The molecule has 3 heterocycles. The largest absolute Gasteiger partial charge is 1.00 e. The number of hydrogen-bond donors (Lipinski definition) is 1. The van der Waals surface area contributed by atoms with Crippen molar-refractivity contribution in [3.8, 4) is 0 Å². The molecule has 0 aliphatic carbocycles. The summed E-state index contributed by atoms with van der Waals surface area (Å²) in [5, 5.41) is 3.52. The van der Waals surface area contributed by atoms with Crippen molar-refractivity contribution in [3.63, 3.8) is 0 Å². The van der Waals surface area contributed by atoms with Crippen LogP contribution in [-0.4, -0.2) is 57.5 Å². The Morgan fingerprint density at radius 1 is 0.935 bits per heavy atom. The van der Waals surface area contributed by atoms with Gasteiger partial charge in [-0.3, -0.25) is 0 Å².